The average Bonchev–Trinajstić information content (AvgIpc) is 2.73. The van der Waals surface area contributed by atoms with Crippen LogP contribution < -0.4 is 14.8 Å². The van der Waals surface area contributed by atoms with Crippen LogP contribution in [0.2, 0.25) is 0 Å². The first-order chi connectivity index (χ1) is 13.2. The molecule has 4 nitrogen and oxygen atoms in total. The van der Waals surface area contributed by atoms with E-state index in [1.165, 1.54) is 0 Å². The second-order valence-corrected chi connectivity index (χ2v) is 6.21. The summed E-state index contributed by atoms with van der Waals surface area (Å²) in [6.07, 6.45) is 0. The van der Waals surface area contributed by atoms with Gasteiger partial charge in [0.15, 0.2) is 0 Å². The molecule has 0 saturated heterocycles. The Morgan fingerprint density at radius 2 is 1.52 bits per heavy atom. The molecule has 138 valence electrons. The van der Waals surface area contributed by atoms with Gasteiger partial charge in [-0.3, -0.25) is 4.79 Å². The largest absolute Gasteiger partial charge is 0.496 e. The van der Waals surface area contributed by atoms with Crippen LogP contribution in [0.25, 0.3) is 0 Å². The topological polar surface area (TPSA) is 47.6 Å². The third-order valence-corrected chi connectivity index (χ3v) is 4.32. The number of nitrogens with one attached hydrogen (secondary N) is 1. The molecular weight excluding hydrogens is 338 g/mol. The van der Waals surface area contributed by atoms with Gasteiger partial charge in [0.25, 0.3) is 5.91 Å². The van der Waals surface area contributed by atoms with Crippen LogP contribution in [0.5, 0.6) is 11.5 Å². The third kappa shape index (κ3) is 4.67. The maximum Gasteiger partial charge on any atom is 0.255 e. The van der Waals surface area contributed by atoms with Gasteiger partial charge in [0.2, 0.25) is 0 Å². The first-order valence-corrected chi connectivity index (χ1v) is 8.88. The first-order valence-electron chi connectivity index (χ1n) is 8.88. The summed E-state index contributed by atoms with van der Waals surface area (Å²) in [6, 6.07) is 24.6. The Morgan fingerprint density at radius 1 is 0.889 bits per heavy atom. The molecule has 3 aromatic rings. The summed E-state index contributed by atoms with van der Waals surface area (Å²) in [7, 11) is 1.63. The highest BCUT2D eigenvalue weighted by Gasteiger charge is 2.17. The minimum absolute atomic E-state index is 0.183. The molecule has 0 aliphatic carbocycles. The highest BCUT2D eigenvalue weighted by molar-refractivity contribution is 5.97. The fourth-order valence-corrected chi connectivity index (χ4v) is 2.89. The Bertz CT molecular complexity index is 893. The lowest BCUT2D eigenvalue weighted by molar-refractivity contribution is 0.0935. The predicted molar refractivity (Wildman–Crippen MR) is 106 cm³/mol. The lowest BCUT2D eigenvalue weighted by atomic mass is 10.1. The van der Waals surface area contributed by atoms with Crippen molar-refractivity contribution in [2.75, 3.05) is 7.11 Å². The second-order valence-electron chi connectivity index (χ2n) is 6.21. The molecule has 0 aromatic heterocycles. The number of ether oxygens (including phenoxy) is 2. The lowest BCUT2D eigenvalue weighted by Crippen LogP contribution is -2.27. The highest BCUT2D eigenvalue weighted by Crippen LogP contribution is 2.26. The molecule has 4 heteroatoms. The van der Waals surface area contributed by atoms with Crippen LogP contribution in [-0.2, 0) is 6.61 Å². The van der Waals surface area contributed by atoms with E-state index < -0.39 is 0 Å². The van der Waals surface area contributed by atoms with E-state index in [1.807, 2.05) is 79.7 Å². The van der Waals surface area contributed by atoms with Crippen molar-refractivity contribution >= 4 is 5.91 Å². The van der Waals surface area contributed by atoms with Crippen molar-refractivity contribution in [3.05, 3.63) is 95.6 Å². The second kappa shape index (κ2) is 8.90. The van der Waals surface area contributed by atoms with Crippen molar-refractivity contribution in [3.8, 4) is 11.5 Å². The Balaban J connectivity index is 1.73. The van der Waals surface area contributed by atoms with Crippen molar-refractivity contribution in [2.45, 2.75) is 19.6 Å². The van der Waals surface area contributed by atoms with Crippen LogP contribution in [0, 0.1) is 0 Å². The van der Waals surface area contributed by atoms with E-state index in [1.54, 1.807) is 13.2 Å². The normalized spacial score (nSPS) is 11.5. The van der Waals surface area contributed by atoms with E-state index in [4.69, 9.17) is 9.47 Å². The van der Waals surface area contributed by atoms with Gasteiger partial charge >= 0.3 is 0 Å². The smallest absolute Gasteiger partial charge is 0.255 e. The molecular formula is C23H23NO3. The van der Waals surface area contributed by atoms with Crippen LogP contribution in [0.15, 0.2) is 78.9 Å². The zero-order valence-electron chi connectivity index (χ0n) is 15.5. The Hall–Kier alpha value is -3.27. The number of hydrogen-bond acceptors (Lipinski definition) is 3. The molecule has 27 heavy (non-hydrogen) atoms. The fraction of sp³-hybridized carbons (Fsp3) is 0.174. The van der Waals surface area contributed by atoms with Crippen molar-refractivity contribution in [1.82, 2.24) is 5.32 Å². The summed E-state index contributed by atoms with van der Waals surface area (Å²) in [5.41, 5.74) is 2.49. The van der Waals surface area contributed by atoms with Crippen LogP contribution in [0.4, 0.5) is 0 Å². The number of methoxy groups -OCH3 is 1. The maximum atomic E-state index is 12.8. The Kier molecular flexibility index (Phi) is 6.10. The molecule has 1 unspecified atom stereocenters. The Labute approximate surface area is 159 Å². The molecule has 0 radical (unpaired) electrons. The van der Waals surface area contributed by atoms with E-state index in [0.717, 1.165) is 16.9 Å². The van der Waals surface area contributed by atoms with Gasteiger partial charge in [-0.15, -0.1) is 0 Å². The van der Waals surface area contributed by atoms with Gasteiger partial charge < -0.3 is 14.8 Å². The van der Waals surface area contributed by atoms with Gasteiger partial charge in [0.05, 0.1) is 18.7 Å². The standard InChI is InChI=1S/C23H23NO3/c1-17(19-12-6-8-14-21(19)26-2)24-23(25)20-13-7-9-15-22(20)27-16-18-10-4-3-5-11-18/h3-15,17H,16H2,1-2H3,(H,24,25). The number of carbonyl (C=O) groups excluding carboxylic acids is 1. The molecule has 0 heterocycles. The van der Waals surface area contributed by atoms with Gasteiger partial charge in [0, 0.05) is 5.56 Å². The van der Waals surface area contributed by atoms with Gasteiger partial charge in [0.1, 0.15) is 18.1 Å². The number of rotatable bonds is 7. The van der Waals surface area contributed by atoms with E-state index in [2.05, 4.69) is 5.32 Å². The van der Waals surface area contributed by atoms with Crippen molar-refractivity contribution < 1.29 is 14.3 Å². The van der Waals surface area contributed by atoms with Crippen molar-refractivity contribution in [2.24, 2.45) is 0 Å². The number of benzene rings is 3. The summed E-state index contributed by atoms with van der Waals surface area (Å²) in [5, 5.41) is 3.03. The molecule has 3 rings (SSSR count). The van der Waals surface area contributed by atoms with E-state index >= 15 is 0 Å². The Morgan fingerprint density at radius 3 is 2.26 bits per heavy atom. The quantitative estimate of drug-likeness (QED) is 0.660. The van der Waals surface area contributed by atoms with Crippen molar-refractivity contribution in [3.63, 3.8) is 0 Å². The minimum Gasteiger partial charge on any atom is -0.496 e. The SMILES string of the molecule is COc1ccccc1C(C)NC(=O)c1ccccc1OCc1ccccc1. The van der Waals surface area contributed by atoms with E-state index in [9.17, 15) is 4.79 Å². The van der Waals surface area contributed by atoms with Crippen LogP contribution in [0.3, 0.4) is 0 Å². The summed E-state index contributed by atoms with van der Waals surface area (Å²) in [4.78, 5) is 12.8. The van der Waals surface area contributed by atoms with Gasteiger partial charge in [-0.2, -0.15) is 0 Å². The molecule has 1 atom stereocenters. The zero-order valence-corrected chi connectivity index (χ0v) is 15.5. The monoisotopic (exact) mass is 361 g/mol. The minimum atomic E-state index is -0.198. The fourth-order valence-electron chi connectivity index (χ4n) is 2.89. The van der Waals surface area contributed by atoms with Gasteiger partial charge in [-0.05, 0) is 30.7 Å². The summed E-state index contributed by atoms with van der Waals surface area (Å²) in [6.45, 7) is 2.34. The average molecular weight is 361 g/mol. The zero-order chi connectivity index (χ0) is 19.1. The van der Waals surface area contributed by atoms with Gasteiger partial charge in [-0.25, -0.2) is 0 Å². The van der Waals surface area contributed by atoms with E-state index in [-0.39, 0.29) is 11.9 Å². The van der Waals surface area contributed by atoms with E-state index in [0.29, 0.717) is 17.9 Å². The molecule has 0 saturated carbocycles. The summed E-state index contributed by atoms with van der Waals surface area (Å²) < 4.78 is 11.3. The number of hydrogen-bond donors (Lipinski definition) is 1. The van der Waals surface area contributed by atoms with Crippen molar-refractivity contribution in [1.29, 1.82) is 0 Å². The molecule has 0 aliphatic heterocycles. The molecule has 0 bridgehead atoms. The molecule has 0 aliphatic rings. The molecule has 0 spiro atoms. The summed E-state index contributed by atoms with van der Waals surface area (Å²) in [5.74, 6) is 1.13. The van der Waals surface area contributed by atoms with Gasteiger partial charge in [-0.1, -0.05) is 60.7 Å². The summed E-state index contributed by atoms with van der Waals surface area (Å²) >= 11 is 0. The third-order valence-electron chi connectivity index (χ3n) is 4.32. The molecule has 3 aromatic carbocycles. The lowest BCUT2D eigenvalue weighted by Gasteiger charge is -2.18. The number of amides is 1. The maximum absolute atomic E-state index is 12.8. The van der Waals surface area contributed by atoms with Crippen LogP contribution in [-0.4, -0.2) is 13.0 Å². The molecule has 1 N–H and O–H groups in total. The predicted octanol–water partition coefficient (Wildman–Crippen LogP) is 4.77. The van der Waals surface area contributed by atoms with Crippen LogP contribution >= 0.6 is 0 Å². The van der Waals surface area contributed by atoms with Crippen LogP contribution in [0.1, 0.15) is 34.5 Å². The first kappa shape index (κ1) is 18.5. The number of para-hydroxylation sites is 2. The molecule has 1 amide bonds. The number of carbonyl (C=O) groups is 1. The highest BCUT2D eigenvalue weighted by atomic mass is 16.5. The molecule has 0 fully saturated rings.